The van der Waals surface area contributed by atoms with Gasteiger partial charge in [-0.05, 0) is 29.8 Å². The van der Waals surface area contributed by atoms with E-state index in [9.17, 15) is 4.79 Å². The maximum Gasteiger partial charge on any atom is 0.234 e. The zero-order valence-electron chi connectivity index (χ0n) is 13.7. The van der Waals surface area contributed by atoms with Crippen LogP contribution in [-0.2, 0) is 11.3 Å². The molecule has 0 saturated carbocycles. The van der Waals surface area contributed by atoms with Crippen molar-refractivity contribution < 1.29 is 14.3 Å². The lowest BCUT2D eigenvalue weighted by molar-refractivity contribution is -0.122. The number of benzene rings is 2. The van der Waals surface area contributed by atoms with Crippen LogP contribution in [0, 0.1) is 0 Å². The fraction of sp³-hybridized carbons (Fsp3) is 0.316. The van der Waals surface area contributed by atoms with Gasteiger partial charge < -0.3 is 15.2 Å². The van der Waals surface area contributed by atoms with E-state index in [0.717, 1.165) is 17.1 Å². The predicted octanol–water partition coefficient (Wildman–Crippen LogP) is 2.20. The van der Waals surface area contributed by atoms with Gasteiger partial charge >= 0.3 is 0 Å². The molecule has 2 atom stereocenters. The summed E-state index contributed by atoms with van der Waals surface area (Å²) in [5.41, 5.74) is 6.68. The van der Waals surface area contributed by atoms with Crippen molar-refractivity contribution in [2.45, 2.75) is 25.1 Å². The predicted molar refractivity (Wildman–Crippen MR) is 91.9 cm³/mol. The van der Waals surface area contributed by atoms with Gasteiger partial charge in [0.15, 0.2) is 0 Å². The molecule has 0 radical (unpaired) electrons. The first-order valence-corrected chi connectivity index (χ1v) is 8.03. The highest BCUT2D eigenvalue weighted by Gasteiger charge is 2.36. The van der Waals surface area contributed by atoms with Crippen LogP contribution in [0.4, 0.5) is 0 Å². The van der Waals surface area contributed by atoms with Gasteiger partial charge in [0.2, 0.25) is 5.91 Å². The van der Waals surface area contributed by atoms with E-state index in [1.54, 1.807) is 7.11 Å². The number of nitrogens with two attached hydrogens (primary N) is 1. The Morgan fingerprint density at radius 2 is 1.92 bits per heavy atom. The van der Waals surface area contributed by atoms with Crippen molar-refractivity contribution in [3.63, 3.8) is 0 Å². The van der Waals surface area contributed by atoms with Crippen LogP contribution in [0.15, 0.2) is 54.6 Å². The first kappa shape index (κ1) is 16.3. The second kappa shape index (κ2) is 7.36. The Bertz CT molecular complexity index is 690. The van der Waals surface area contributed by atoms with E-state index >= 15 is 0 Å². The molecule has 24 heavy (non-hydrogen) atoms. The molecular weight excluding hydrogens is 304 g/mol. The van der Waals surface area contributed by atoms with Crippen LogP contribution >= 0.6 is 0 Å². The molecular formula is C19H22N2O3. The van der Waals surface area contributed by atoms with Gasteiger partial charge in [-0.1, -0.05) is 30.3 Å². The molecule has 0 aliphatic carbocycles. The molecule has 1 aliphatic rings. The van der Waals surface area contributed by atoms with Gasteiger partial charge in [0.05, 0.1) is 13.2 Å². The van der Waals surface area contributed by atoms with Gasteiger partial charge in [0.25, 0.3) is 0 Å². The number of hydrogen-bond acceptors (Lipinski definition) is 4. The fourth-order valence-corrected chi connectivity index (χ4v) is 3.11. The van der Waals surface area contributed by atoms with Crippen molar-refractivity contribution in [1.29, 1.82) is 0 Å². The molecule has 1 aliphatic heterocycles. The van der Waals surface area contributed by atoms with Crippen LogP contribution in [0.3, 0.4) is 0 Å². The summed E-state index contributed by atoms with van der Waals surface area (Å²) in [6, 6.07) is 17.2. The lowest BCUT2D eigenvalue weighted by Crippen LogP contribution is -2.39. The number of para-hydroxylation sites is 1. The summed E-state index contributed by atoms with van der Waals surface area (Å²) in [5.74, 6) is 1.31. The summed E-state index contributed by atoms with van der Waals surface area (Å²) in [6.45, 7) is 1.30. The highest BCUT2D eigenvalue weighted by atomic mass is 16.5. The number of amides is 1. The molecule has 0 aromatic heterocycles. The number of primary amides is 1. The molecule has 2 N–H and O–H groups in total. The van der Waals surface area contributed by atoms with Gasteiger partial charge in [0, 0.05) is 19.5 Å². The van der Waals surface area contributed by atoms with Crippen molar-refractivity contribution in [1.82, 2.24) is 4.90 Å². The van der Waals surface area contributed by atoms with Crippen LogP contribution in [0.5, 0.6) is 11.5 Å². The van der Waals surface area contributed by atoms with Crippen molar-refractivity contribution >= 4 is 5.91 Å². The van der Waals surface area contributed by atoms with Crippen LogP contribution in [0.25, 0.3) is 0 Å². The number of ether oxygens (including phenoxy) is 2. The molecule has 2 aromatic rings. The molecule has 3 rings (SSSR count). The molecule has 0 unspecified atom stereocenters. The Morgan fingerprint density at radius 3 is 2.62 bits per heavy atom. The van der Waals surface area contributed by atoms with Crippen molar-refractivity contribution in [3.8, 4) is 11.5 Å². The SMILES string of the molecule is COc1cccc(CN2C[C@@H](Oc3ccccc3)C[C@H]2C(N)=O)c1. The van der Waals surface area contributed by atoms with Crippen LogP contribution in [-0.4, -0.2) is 36.6 Å². The third-order valence-corrected chi connectivity index (χ3v) is 4.26. The maximum atomic E-state index is 11.8. The van der Waals surface area contributed by atoms with E-state index in [0.29, 0.717) is 19.5 Å². The van der Waals surface area contributed by atoms with E-state index in [1.807, 2.05) is 54.6 Å². The third-order valence-electron chi connectivity index (χ3n) is 4.26. The molecule has 1 heterocycles. The zero-order valence-corrected chi connectivity index (χ0v) is 13.7. The van der Waals surface area contributed by atoms with E-state index < -0.39 is 0 Å². The van der Waals surface area contributed by atoms with Crippen LogP contribution in [0.1, 0.15) is 12.0 Å². The summed E-state index contributed by atoms with van der Waals surface area (Å²) < 4.78 is 11.3. The standard InChI is InChI=1S/C19H22N2O3/c1-23-16-9-5-6-14(10-16)12-21-13-17(11-18(21)19(20)22)24-15-7-3-2-4-8-15/h2-10,17-18H,11-13H2,1H3,(H2,20,22)/t17-,18-/m0/s1. The smallest absolute Gasteiger partial charge is 0.234 e. The van der Waals surface area contributed by atoms with Gasteiger partial charge in [-0.15, -0.1) is 0 Å². The summed E-state index contributed by atoms with van der Waals surface area (Å²) >= 11 is 0. The van der Waals surface area contributed by atoms with Gasteiger partial charge in [-0.25, -0.2) is 0 Å². The van der Waals surface area contributed by atoms with Crippen molar-refractivity contribution in [2.75, 3.05) is 13.7 Å². The van der Waals surface area contributed by atoms with Gasteiger partial charge in [-0.3, -0.25) is 9.69 Å². The molecule has 5 heteroatoms. The number of likely N-dealkylation sites (tertiary alicyclic amines) is 1. The molecule has 0 bridgehead atoms. The minimum atomic E-state index is -0.315. The first-order valence-electron chi connectivity index (χ1n) is 8.03. The lowest BCUT2D eigenvalue weighted by atomic mass is 10.1. The summed E-state index contributed by atoms with van der Waals surface area (Å²) in [4.78, 5) is 13.9. The fourth-order valence-electron chi connectivity index (χ4n) is 3.11. The molecule has 1 amide bonds. The van der Waals surface area contributed by atoms with Gasteiger partial charge in [-0.2, -0.15) is 0 Å². The largest absolute Gasteiger partial charge is 0.497 e. The topological polar surface area (TPSA) is 64.8 Å². The quantitative estimate of drug-likeness (QED) is 0.884. The van der Waals surface area contributed by atoms with Crippen LogP contribution in [0.2, 0.25) is 0 Å². The molecule has 5 nitrogen and oxygen atoms in total. The highest BCUT2D eigenvalue weighted by molar-refractivity contribution is 5.80. The Balaban J connectivity index is 1.70. The Morgan fingerprint density at radius 1 is 1.17 bits per heavy atom. The molecule has 1 fully saturated rings. The number of hydrogen-bond donors (Lipinski definition) is 1. The van der Waals surface area contributed by atoms with Crippen molar-refractivity contribution in [2.24, 2.45) is 5.73 Å². The monoisotopic (exact) mass is 326 g/mol. The van der Waals surface area contributed by atoms with Crippen molar-refractivity contribution in [3.05, 3.63) is 60.2 Å². The average Bonchev–Trinajstić information content (AvgIpc) is 2.98. The summed E-state index contributed by atoms with van der Waals surface area (Å²) in [5, 5.41) is 0. The molecule has 2 aromatic carbocycles. The Labute approximate surface area is 142 Å². The Kier molecular flexibility index (Phi) is 5.01. The second-order valence-corrected chi connectivity index (χ2v) is 5.99. The van der Waals surface area contributed by atoms with E-state index in [4.69, 9.17) is 15.2 Å². The maximum absolute atomic E-state index is 11.8. The molecule has 126 valence electrons. The molecule has 1 saturated heterocycles. The normalized spacial score (nSPS) is 20.7. The third kappa shape index (κ3) is 3.86. The highest BCUT2D eigenvalue weighted by Crippen LogP contribution is 2.25. The zero-order chi connectivity index (χ0) is 16.9. The average molecular weight is 326 g/mol. The summed E-state index contributed by atoms with van der Waals surface area (Å²) in [7, 11) is 1.64. The van der Waals surface area contributed by atoms with E-state index in [-0.39, 0.29) is 18.1 Å². The van der Waals surface area contributed by atoms with E-state index in [1.165, 1.54) is 0 Å². The minimum Gasteiger partial charge on any atom is -0.497 e. The Hall–Kier alpha value is -2.53. The second-order valence-electron chi connectivity index (χ2n) is 5.99. The lowest BCUT2D eigenvalue weighted by Gasteiger charge is -2.21. The number of rotatable bonds is 6. The first-order chi connectivity index (χ1) is 11.7. The summed E-state index contributed by atoms with van der Waals surface area (Å²) in [6.07, 6.45) is 0.560. The van der Waals surface area contributed by atoms with E-state index in [2.05, 4.69) is 4.90 Å². The number of carbonyl (C=O) groups is 1. The van der Waals surface area contributed by atoms with Crippen LogP contribution < -0.4 is 15.2 Å². The molecule has 0 spiro atoms. The van der Waals surface area contributed by atoms with Gasteiger partial charge in [0.1, 0.15) is 17.6 Å². The number of nitrogens with zero attached hydrogens (tertiary/aromatic N) is 1. The number of carbonyl (C=O) groups excluding carboxylic acids is 1. The minimum absolute atomic E-state index is 0.0458. The number of methoxy groups -OCH3 is 1.